The molecule has 0 aromatic heterocycles. The predicted molar refractivity (Wildman–Crippen MR) is 142 cm³/mol. The van der Waals surface area contributed by atoms with Gasteiger partial charge in [-0.2, -0.15) is 0 Å². The summed E-state index contributed by atoms with van der Waals surface area (Å²) < 4.78 is 5.87. The summed E-state index contributed by atoms with van der Waals surface area (Å²) in [7, 11) is 0. The van der Waals surface area contributed by atoms with Crippen molar-refractivity contribution in [1.29, 1.82) is 0 Å². The van der Waals surface area contributed by atoms with Crippen LogP contribution in [0.4, 0.5) is 0 Å². The van der Waals surface area contributed by atoms with Crippen molar-refractivity contribution in [2.75, 3.05) is 0 Å². The topological polar surface area (TPSA) is 63.6 Å². The number of allylic oxidation sites excluding steroid dienone is 2. The molecule has 0 heterocycles. The zero-order valence-electron chi connectivity index (χ0n) is 24.1. The van der Waals surface area contributed by atoms with E-state index in [0.717, 1.165) is 57.8 Å². The van der Waals surface area contributed by atoms with E-state index in [1.165, 1.54) is 12.0 Å². The number of carbonyl (C=O) groups is 2. The second-order valence-corrected chi connectivity index (χ2v) is 15.6. The minimum Gasteiger partial charge on any atom is -0.481 e. The number of hydrogen-bond acceptors (Lipinski definition) is 3. The number of fused-ring (bicyclic) bond motifs is 7. The molecule has 36 heavy (non-hydrogen) atoms. The molecule has 0 aliphatic heterocycles. The standard InChI is InChI=1S/C32H50O4/c1-20(33)36-25-12-13-29(6)23(28(25,4)5)11-14-31(8)24(29)10-9-21-22-19-27(2,3)15-17-32(22,26(34)35)18-16-30(21,31)7/h9,22-25H,10-19H2,1-8H3,(H,34,35)/t22?,23-,24+,25-,29-,30+,31+,32-/m0/s1. The summed E-state index contributed by atoms with van der Waals surface area (Å²) >= 11 is 0. The van der Waals surface area contributed by atoms with Crippen LogP contribution < -0.4 is 0 Å². The molecule has 0 aromatic carbocycles. The first-order valence-corrected chi connectivity index (χ1v) is 14.6. The summed E-state index contributed by atoms with van der Waals surface area (Å²) in [6, 6.07) is 0. The van der Waals surface area contributed by atoms with Gasteiger partial charge in [0.25, 0.3) is 0 Å². The van der Waals surface area contributed by atoms with E-state index < -0.39 is 11.4 Å². The maximum Gasteiger partial charge on any atom is 0.310 e. The molecule has 4 nitrogen and oxygen atoms in total. The van der Waals surface area contributed by atoms with Crippen molar-refractivity contribution in [3.05, 3.63) is 11.6 Å². The fraction of sp³-hybridized carbons (Fsp3) is 0.875. The predicted octanol–water partition coefficient (Wildman–Crippen LogP) is 7.80. The molecule has 1 unspecified atom stereocenters. The number of rotatable bonds is 2. The number of carboxylic acids is 1. The van der Waals surface area contributed by atoms with E-state index in [0.29, 0.717) is 11.8 Å². The van der Waals surface area contributed by atoms with Crippen LogP contribution in [-0.4, -0.2) is 23.1 Å². The van der Waals surface area contributed by atoms with Gasteiger partial charge in [0.15, 0.2) is 0 Å². The molecule has 5 aliphatic rings. The van der Waals surface area contributed by atoms with Crippen LogP contribution in [0.25, 0.3) is 0 Å². The fourth-order valence-corrected chi connectivity index (χ4v) is 11.0. The van der Waals surface area contributed by atoms with Gasteiger partial charge < -0.3 is 9.84 Å². The Balaban J connectivity index is 1.55. The Kier molecular flexibility index (Phi) is 5.74. The van der Waals surface area contributed by atoms with E-state index in [1.807, 2.05) is 0 Å². The monoisotopic (exact) mass is 498 g/mol. The third kappa shape index (κ3) is 3.30. The van der Waals surface area contributed by atoms with Crippen LogP contribution in [-0.2, 0) is 14.3 Å². The lowest BCUT2D eigenvalue weighted by atomic mass is 9.33. The first-order valence-electron chi connectivity index (χ1n) is 14.6. The second-order valence-electron chi connectivity index (χ2n) is 15.6. The lowest BCUT2D eigenvalue weighted by Crippen LogP contribution is -2.65. The van der Waals surface area contributed by atoms with Gasteiger partial charge in [-0.3, -0.25) is 9.59 Å². The molecular weight excluding hydrogens is 448 g/mol. The summed E-state index contributed by atoms with van der Waals surface area (Å²) in [5.41, 5.74) is 1.50. The molecule has 202 valence electrons. The molecule has 0 bridgehead atoms. The Bertz CT molecular complexity index is 992. The van der Waals surface area contributed by atoms with Gasteiger partial charge in [0, 0.05) is 12.3 Å². The first-order chi connectivity index (χ1) is 16.5. The maximum atomic E-state index is 12.8. The van der Waals surface area contributed by atoms with Crippen molar-refractivity contribution in [2.45, 2.75) is 126 Å². The van der Waals surface area contributed by atoms with E-state index in [-0.39, 0.29) is 45.1 Å². The lowest BCUT2D eigenvalue weighted by Gasteiger charge is -2.71. The highest BCUT2D eigenvalue weighted by molar-refractivity contribution is 5.76. The van der Waals surface area contributed by atoms with Crippen LogP contribution in [0.3, 0.4) is 0 Å². The van der Waals surface area contributed by atoms with E-state index >= 15 is 0 Å². The summed E-state index contributed by atoms with van der Waals surface area (Å²) in [5, 5.41) is 10.5. The fourth-order valence-electron chi connectivity index (χ4n) is 11.0. The van der Waals surface area contributed by atoms with Gasteiger partial charge in [-0.1, -0.05) is 60.1 Å². The van der Waals surface area contributed by atoms with Crippen molar-refractivity contribution < 1.29 is 19.4 Å². The number of aliphatic carboxylic acids is 1. The van der Waals surface area contributed by atoms with E-state index in [9.17, 15) is 14.7 Å². The molecule has 0 amide bonds. The first kappa shape index (κ1) is 26.3. The van der Waals surface area contributed by atoms with Gasteiger partial charge in [-0.25, -0.2) is 0 Å². The highest BCUT2D eigenvalue weighted by atomic mass is 16.5. The highest BCUT2D eigenvalue weighted by Gasteiger charge is 2.69. The largest absolute Gasteiger partial charge is 0.481 e. The molecule has 1 N–H and O–H groups in total. The molecule has 0 spiro atoms. The average Bonchev–Trinajstić information content (AvgIpc) is 2.75. The van der Waals surface area contributed by atoms with Gasteiger partial charge in [-0.15, -0.1) is 0 Å². The Hall–Kier alpha value is -1.32. The van der Waals surface area contributed by atoms with Gasteiger partial charge >= 0.3 is 11.9 Å². The van der Waals surface area contributed by atoms with Crippen LogP contribution in [0.1, 0.15) is 120 Å². The van der Waals surface area contributed by atoms with Gasteiger partial charge in [0.05, 0.1) is 5.41 Å². The van der Waals surface area contributed by atoms with Gasteiger partial charge in [0.2, 0.25) is 0 Å². The Morgan fingerprint density at radius 3 is 2.19 bits per heavy atom. The maximum absolute atomic E-state index is 12.8. The van der Waals surface area contributed by atoms with Crippen molar-refractivity contribution in [1.82, 2.24) is 0 Å². The number of carboxylic acid groups (broad SMARTS) is 1. The molecular formula is C32H50O4. The highest BCUT2D eigenvalue weighted by Crippen LogP contribution is 2.75. The van der Waals surface area contributed by atoms with E-state index in [4.69, 9.17) is 4.74 Å². The molecule has 8 atom stereocenters. The SMILES string of the molecule is CC(=O)O[C@H]1CC[C@]2(C)[C@H]3CC=C4C5CC(C)(C)CC[C@]5(C(=O)O)CC[C@@]4(C)[C@]3(C)CC[C@H]2C1(C)C. The zero-order valence-corrected chi connectivity index (χ0v) is 24.1. The number of esters is 1. The molecule has 0 radical (unpaired) electrons. The lowest BCUT2D eigenvalue weighted by molar-refractivity contribution is -0.213. The van der Waals surface area contributed by atoms with Crippen LogP contribution >= 0.6 is 0 Å². The number of hydrogen-bond donors (Lipinski definition) is 1. The van der Waals surface area contributed by atoms with Gasteiger partial charge in [0.1, 0.15) is 6.10 Å². The smallest absolute Gasteiger partial charge is 0.310 e. The second kappa shape index (κ2) is 7.85. The van der Waals surface area contributed by atoms with Crippen molar-refractivity contribution in [2.24, 2.45) is 50.2 Å². The normalized spacial score (nSPS) is 48.8. The summed E-state index contributed by atoms with van der Waals surface area (Å²) in [6.45, 7) is 18.5. The molecule has 0 aromatic rings. The Labute approximate surface area is 219 Å². The zero-order chi connectivity index (χ0) is 26.5. The van der Waals surface area contributed by atoms with Crippen LogP contribution in [0, 0.1) is 50.2 Å². The third-order valence-corrected chi connectivity index (χ3v) is 13.3. The van der Waals surface area contributed by atoms with Crippen molar-refractivity contribution in [3.63, 3.8) is 0 Å². The van der Waals surface area contributed by atoms with Crippen molar-refractivity contribution >= 4 is 11.9 Å². The van der Waals surface area contributed by atoms with Crippen LogP contribution in [0.15, 0.2) is 11.6 Å². The van der Waals surface area contributed by atoms with Gasteiger partial charge in [-0.05, 0) is 104 Å². The molecule has 5 rings (SSSR count). The van der Waals surface area contributed by atoms with Crippen LogP contribution in [0.2, 0.25) is 0 Å². The quantitative estimate of drug-likeness (QED) is 0.311. The minimum absolute atomic E-state index is 0.00181. The molecule has 0 saturated heterocycles. The molecule has 4 saturated carbocycles. The Morgan fingerprint density at radius 1 is 0.889 bits per heavy atom. The summed E-state index contributed by atoms with van der Waals surface area (Å²) in [4.78, 5) is 24.7. The Morgan fingerprint density at radius 2 is 1.56 bits per heavy atom. The average molecular weight is 499 g/mol. The van der Waals surface area contributed by atoms with Crippen molar-refractivity contribution in [3.8, 4) is 0 Å². The van der Waals surface area contributed by atoms with E-state index in [1.54, 1.807) is 6.92 Å². The summed E-state index contributed by atoms with van der Waals surface area (Å²) in [5.74, 6) is 0.546. The number of carbonyl (C=O) groups excluding carboxylic acids is 1. The van der Waals surface area contributed by atoms with E-state index in [2.05, 4.69) is 54.5 Å². The third-order valence-electron chi connectivity index (χ3n) is 13.3. The molecule has 4 heteroatoms. The van der Waals surface area contributed by atoms with Crippen LogP contribution in [0.5, 0.6) is 0 Å². The number of ether oxygens (including phenoxy) is 1. The minimum atomic E-state index is -0.574. The molecule has 4 fully saturated rings. The summed E-state index contributed by atoms with van der Waals surface area (Å²) in [6.07, 6.45) is 12.6. The molecule has 5 aliphatic carbocycles.